The zero-order chi connectivity index (χ0) is 7.84. The van der Waals surface area contributed by atoms with E-state index in [1.54, 1.807) is 6.26 Å². The minimum absolute atomic E-state index is 0.435. The van der Waals surface area contributed by atoms with Crippen LogP contribution in [0.5, 0.6) is 0 Å². The molecule has 0 radical (unpaired) electrons. The first kappa shape index (κ1) is 6.68. The number of fused-ring (bicyclic) bond motifs is 1. The molecule has 0 bridgehead atoms. The van der Waals surface area contributed by atoms with Crippen molar-refractivity contribution in [3.05, 3.63) is 29.2 Å². The van der Waals surface area contributed by atoms with E-state index in [2.05, 4.69) is 4.98 Å². The zero-order valence-electron chi connectivity index (χ0n) is 5.97. The zero-order valence-corrected chi connectivity index (χ0v) is 6.72. The molecule has 2 rings (SSSR count). The smallest absolute Gasteiger partial charge is 0.172 e. The van der Waals surface area contributed by atoms with Gasteiger partial charge in [0.25, 0.3) is 0 Å². The van der Waals surface area contributed by atoms with E-state index in [4.69, 9.17) is 16.0 Å². The summed E-state index contributed by atoms with van der Waals surface area (Å²) in [6.45, 7) is 1.90. The van der Waals surface area contributed by atoms with Crippen LogP contribution in [0.25, 0.3) is 11.0 Å². The van der Waals surface area contributed by atoms with Crippen molar-refractivity contribution in [3.8, 4) is 0 Å². The Labute approximate surface area is 68.8 Å². The number of aromatic nitrogens is 1. The van der Waals surface area contributed by atoms with Crippen molar-refractivity contribution in [2.75, 3.05) is 0 Å². The highest BCUT2D eigenvalue weighted by Gasteiger charge is 2.03. The van der Waals surface area contributed by atoms with E-state index in [0.29, 0.717) is 10.7 Å². The van der Waals surface area contributed by atoms with Gasteiger partial charge in [0.1, 0.15) is 0 Å². The third kappa shape index (κ3) is 0.994. The number of rotatable bonds is 0. The van der Waals surface area contributed by atoms with Gasteiger partial charge in [-0.1, -0.05) is 11.6 Å². The molecule has 0 aliphatic carbocycles. The molecule has 0 saturated carbocycles. The largest absolute Gasteiger partial charge is 0.461 e. The molecule has 0 aliphatic rings. The van der Waals surface area contributed by atoms with Gasteiger partial charge in [-0.3, -0.25) is 0 Å². The monoisotopic (exact) mass is 167 g/mol. The molecule has 2 aromatic heterocycles. The second-order valence-electron chi connectivity index (χ2n) is 2.39. The topological polar surface area (TPSA) is 26.0 Å². The molecule has 2 heterocycles. The standard InChI is InChI=1S/C8H6ClNO/c1-5-4-6-2-3-11-7(6)8(9)10-5/h2-4H,1H3. The number of hydrogen-bond donors (Lipinski definition) is 0. The van der Waals surface area contributed by atoms with E-state index in [0.717, 1.165) is 11.1 Å². The predicted molar refractivity (Wildman–Crippen MR) is 43.8 cm³/mol. The predicted octanol–water partition coefficient (Wildman–Crippen LogP) is 2.79. The van der Waals surface area contributed by atoms with Gasteiger partial charge in [-0.15, -0.1) is 0 Å². The average molecular weight is 168 g/mol. The van der Waals surface area contributed by atoms with Gasteiger partial charge in [-0.25, -0.2) is 4.98 Å². The summed E-state index contributed by atoms with van der Waals surface area (Å²) in [7, 11) is 0. The molecule has 0 fully saturated rings. The first-order valence-corrected chi connectivity index (χ1v) is 3.65. The maximum absolute atomic E-state index is 5.80. The highest BCUT2D eigenvalue weighted by Crippen LogP contribution is 2.22. The van der Waals surface area contributed by atoms with Crippen LogP contribution in [0.3, 0.4) is 0 Å². The number of hydrogen-bond acceptors (Lipinski definition) is 2. The van der Waals surface area contributed by atoms with Gasteiger partial charge < -0.3 is 4.42 Å². The highest BCUT2D eigenvalue weighted by atomic mass is 35.5. The van der Waals surface area contributed by atoms with Crippen LogP contribution in [0.15, 0.2) is 22.8 Å². The van der Waals surface area contributed by atoms with Crippen LogP contribution in [-0.2, 0) is 0 Å². The van der Waals surface area contributed by atoms with E-state index >= 15 is 0 Å². The van der Waals surface area contributed by atoms with Crippen LogP contribution in [0.1, 0.15) is 5.69 Å². The van der Waals surface area contributed by atoms with E-state index in [-0.39, 0.29) is 0 Å². The number of furan rings is 1. The second-order valence-corrected chi connectivity index (χ2v) is 2.75. The van der Waals surface area contributed by atoms with Gasteiger partial charge in [0, 0.05) is 11.1 Å². The molecule has 11 heavy (non-hydrogen) atoms. The van der Waals surface area contributed by atoms with Crippen LogP contribution in [0.4, 0.5) is 0 Å². The van der Waals surface area contributed by atoms with E-state index < -0.39 is 0 Å². The Morgan fingerprint density at radius 2 is 2.36 bits per heavy atom. The Kier molecular flexibility index (Phi) is 1.36. The maximum Gasteiger partial charge on any atom is 0.172 e. The van der Waals surface area contributed by atoms with Crippen LogP contribution in [-0.4, -0.2) is 4.98 Å². The van der Waals surface area contributed by atoms with E-state index in [9.17, 15) is 0 Å². The van der Waals surface area contributed by atoms with Crippen LogP contribution in [0, 0.1) is 6.92 Å². The summed E-state index contributed by atoms with van der Waals surface area (Å²) in [5, 5.41) is 1.44. The fourth-order valence-electron chi connectivity index (χ4n) is 1.06. The van der Waals surface area contributed by atoms with Crippen LogP contribution in [0.2, 0.25) is 5.15 Å². The molecule has 0 aliphatic heterocycles. The Morgan fingerprint density at radius 1 is 1.55 bits per heavy atom. The molecule has 0 unspecified atom stereocenters. The summed E-state index contributed by atoms with van der Waals surface area (Å²) < 4.78 is 5.11. The Bertz CT molecular complexity index is 394. The molecule has 0 aromatic carbocycles. The summed E-state index contributed by atoms with van der Waals surface area (Å²) in [5.74, 6) is 0. The highest BCUT2D eigenvalue weighted by molar-refractivity contribution is 6.33. The van der Waals surface area contributed by atoms with Crippen molar-refractivity contribution in [1.82, 2.24) is 4.98 Å². The van der Waals surface area contributed by atoms with Crippen molar-refractivity contribution in [2.45, 2.75) is 6.92 Å². The summed E-state index contributed by atoms with van der Waals surface area (Å²) in [6, 6.07) is 3.81. The molecular formula is C8H6ClNO. The first-order chi connectivity index (χ1) is 5.27. The van der Waals surface area contributed by atoms with Crippen molar-refractivity contribution >= 4 is 22.6 Å². The third-order valence-corrected chi connectivity index (χ3v) is 1.78. The second kappa shape index (κ2) is 2.24. The first-order valence-electron chi connectivity index (χ1n) is 3.28. The third-order valence-electron chi connectivity index (χ3n) is 1.52. The minimum Gasteiger partial charge on any atom is -0.461 e. The number of halogens is 1. The lowest BCUT2D eigenvalue weighted by Crippen LogP contribution is -1.80. The molecule has 0 N–H and O–H groups in total. The molecule has 0 spiro atoms. The van der Waals surface area contributed by atoms with Crippen LogP contribution < -0.4 is 0 Å². The normalized spacial score (nSPS) is 10.7. The summed E-state index contributed by atoms with van der Waals surface area (Å²) in [6.07, 6.45) is 1.61. The molecule has 2 aromatic rings. The Morgan fingerprint density at radius 3 is 3.18 bits per heavy atom. The van der Waals surface area contributed by atoms with Gasteiger partial charge in [-0.2, -0.15) is 0 Å². The molecule has 56 valence electrons. The average Bonchev–Trinajstić information content (AvgIpc) is 2.34. The number of nitrogens with zero attached hydrogens (tertiary/aromatic N) is 1. The summed E-state index contributed by atoms with van der Waals surface area (Å²) in [5.41, 5.74) is 1.57. The number of pyridine rings is 1. The van der Waals surface area contributed by atoms with Gasteiger partial charge >= 0.3 is 0 Å². The van der Waals surface area contributed by atoms with E-state index in [1.807, 2.05) is 19.1 Å². The fourth-order valence-corrected chi connectivity index (χ4v) is 1.35. The maximum atomic E-state index is 5.80. The van der Waals surface area contributed by atoms with Crippen molar-refractivity contribution < 1.29 is 4.42 Å². The van der Waals surface area contributed by atoms with E-state index in [1.165, 1.54) is 0 Å². The van der Waals surface area contributed by atoms with Gasteiger partial charge in [0.15, 0.2) is 10.7 Å². The van der Waals surface area contributed by atoms with Crippen LogP contribution >= 0.6 is 11.6 Å². The molecule has 2 nitrogen and oxygen atoms in total. The molecule has 0 saturated heterocycles. The lowest BCUT2D eigenvalue weighted by molar-refractivity contribution is 0.614. The van der Waals surface area contributed by atoms with Crippen molar-refractivity contribution in [3.63, 3.8) is 0 Å². The van der Waals surface area contributed by atoms with Crippen molar-refractivity contribution in [2.24, 2.45) is 0 Å². The molecule has 0 atom stereocenters. The molecule has 0 amide bonds. The van der Waals surface area contributed by atoms with Gasteiger partial charge in [-0.05, 0) is 19.1 Å². The Balaban J connectivity index is 2.91. The number of aryl methyl sites for hydroxylation is 1. The quantitative estimate of drug-likeness (QED) is 0.564. The molecular weight excluding hydrogens is 162 g/mol. The lowest BCUT2D eigenvalue weighted by Gasteiger charge is -1.93. The fraction of sp³-hybridized carbons (Fsp3) is 0.125. The SMILES string of the molecule is Cc1cc2ccoc2c(Cl)n1. The molecule has 3 heteroatoms. The summed E-state index contributed by atoms with van der Waals surface area (Å²) >= 11 is 5.80. The lowest BCUT2D eigenvalue weighted by atomic mass is 10.3. The van der Waals surface area contributed by atoms with Gasteiger partial charge in [0.2, 0.25) is 0 Å². The minimum atomic E-state index is 0.435. The Hall–Kier alpha value is -1.02. The summed E-state index contributed by atoms with van der Waals surface area (Å²) in [4.78, 5) is 4.05. The van der Waals surface area contributed by atoms with Gasteiger partial charge in [0.05, 0.1) is 6.26 Å². The van der Waals surface area contributed by atoms with Crippen molar-refractivity contribution in [1.29, 1.82) is 0 Å².